The fourth-order valence-electron chi connectivity index (χ4n) is 1.60. The first-order chi connectivity index (χ1) is 5.79. The average Bonchev–Trinajstić information content (AvgIpc) is 2.43. The minimum atomic E-state index is 0.508. The molecule has 1 aliphatic heterocycles. The van der Waals surface area contributed by atoms with Crippen molar-refractivity contribution in [3.05, 3.63) is 29.3 Å². The molecule has 1 N–H and O–H groups in total. The van der Waals surface area contributed by atoms with Crippen molar-refractivity contribution in [3.8, 4) is 6.07 Å². The van der Waals surface area contributed by atoms with Gasteiger partial charge in [-0.2, -0.15) is 5.26 Å². The van der Waals surface area contributed by atoms with E-state index in [0.29, 0.717) is 6.04 Å². The minimum Gasteiger partial charge on any atom is -0.382 e. The number of benzene rings is 1. The third-order valence-corrected chi connectivity index (χ3v) is 2.17. The molecule has 1 heterocycles. The molecule has 0 amide bonds. The van der Waals surface area contributed by atoms with Gasteiger partial charge in [0.05, 0.1) is 11.6 Å². The average molecular weight is 158 g/mol. The zero-order valence-electron chi connectivity index (χ0n) is 6.96. The fourth-order valence-corrected chi connectivity index (χ4v) is 1.60. The smallest absolute Gasteiger partial charge is 0.0992 e. The largest absolute Gasteiger partial charge is 0.382 e. The Morgan fingerprint density at radius 3 is 3.17 bits per heavy atom. The highest BCUT2D eigenvalue weighted by Crippen LogP contribution is 2.26. The maximum absolute atomic E-state index is 8.66. The maximum Gasteiger partial charge on any atom is 0.0992 e. The van der Waals surface area contributed by atoms with Crippen LogP contribution in [0, 0.1) is 11.3 Å². The lowest BCUT2D eigenvalue weighted by Crippen LogP contribution is -2.08. The standard InChI is InChI=1S/C10H10N2/c1-7-4-9-3-2-8(6-11)5-10(9)12-7/h2-3,5,7,12H,4H2,1H3. The number of nitriles is 1. The molecule has 0 radical (unpaired) electrons. The Hall–Kier alpha value is -1.49. The normalized spacial score (nSPS) is 19.5. The van der Waals surface area contributed by atoms with Gasteiger partial charge in [0.2, 0.25) is 0 Å². The Balaban J connectivity index is 2.44. The molecule has 2 heteroatoms. The molecule has 0 saturated heterocycles. The van der Waals surface area contributed by atoms with Crippen molar-refractivity contribution < 1.29 is 0 Å². The predicted octanol–water partition coefficient (Wildman–Crippen LogP) is 1.91. The molecule has 0 aromatic heterocycles. The van der Waals surface area contributed by atoms with Gasteiger partial charge >= 0.3 is 0 Å². The van der Waals surface area contributed by atoms with E-state index in [1.54, 1.807) is 0 Å². The van der Waals surface area contributed by atoms with Crippen LogP contribution in [0.15, 0.2) is 18.2 Å². The lowest BCUT2D eigenvalue weighted by atomic mass is 10.1. The Labute approximate surface area is 71.8 Å². The molecule has 1 aliphatic rings. The minimum absolute atomic E-state index is 0.508. The van der Waals surface area contributed by atoms with Crippen LogP contribution in [0.4, 0.5) is 5.69 Å². The molecule has 12 heavy (non-hydrogen) atoms. The fraction of sp³-hybridized carbons (Fsp3) is 0.300. The van der Waals surface area contributed by atoms with E-state index in [-0.39, 0.29) is 0 Å². The number of fused-ring (bicyclic) bond motifs is 1. The molecule has 2 rings (SSSR count). The van der Waals surface area contributed by atoms with Gasteiger partial charge in [0.1, 0.15) is 0 Å². The predicted molar refractivity (Wildman–Crippen MR) is 47.9 cm³/mol. The molecule has 1 unspecified atom stereocenters. The third-order valence-electron chi connectivity index (χ3n) is 2.17. The van der Waals surface area contributed by atoms with Crippen LogP contribution in [0.25, 0.3) is 0 Å². The van der Waals surface area contributed by atoms with E-state index in [1.165, 1.54) is 5.56 Å². The van der Waals surface area contributed by atoms with Crippen LogP contribution in [0.1, 0.15) is 18.1 Å². The molecule has 2 nitrogen and oxygen atoms in total. The zero-order chi connectivity index (χ0) is 8.55. The van der Waals surface area contributed by atoms with Gasteiger partial charge in [-0.05, 0) is 31.0 Å². The van der Waals surface area contributed by atoms with Crippen molar-refractivity contribution in [2.45, 2.75) is 19.4 Å². The summed E-state index contributed by atoms with van der Waals surface area (Å²) in [6.45, 7) is 2.14. The second kappa shape index (κ2) is 2.53. The van der Waals surface area contributed by atoms with E-state index in [1.807, 2.05) is 18.2 Å². The highest BCUT2D eigenvalue weighted by atomic mass is 14.9. The monoisotopic (exact) mass is 158 g/mol. The highest BCUT2D eigenvalue weighted by molar-refractivity contribution is 5.59. The summed E-state index contributed by atoms with van der Waals surface area (Å²) in [5, 5.41) is 12.0. The summed E-state index contributed by atoms with van der Waals surface area (Å²) in [6.07, 6.45) is 1.07. The van der Waals surface area contributed by atoms with Crippen LogP contribution in [0.5, 0.6) is 0 Å². The van der Waals surface area contributed by atoms with Crippen LogP contribution in [0.2, 0.25) is 0 Å². The molecule has 1 atom stereocenters. The van der Waals surface area contributed by atoms with Gasteiger partial charge in [-0.3, -0.25) is 0 Å². The quantitative estimate of drug-likeness (QED) is 0.626. The van der Waals surface area contributed by atoms with Gasteiger partial charge < -0.3 is 5.32 Å². The van der Waals surface area contributed by atoms with Crippen molar-refractivity contribution in [2.24, 2.45) is 0 Å². The van der Waals surface area contributed by atoms with Gasteiger partial charge in [0, 0.05) is 11.7 Å². The van der Waals surface area contributed by atoms with Crippen LogP contribution < -0.4 is 5.32 Å². The van der Waals surface area contributed by atoms with Crippen molar-refractivity contribution in [1.82, 2.24) is 0 Å². The second-order valence-electron chi connectivity index (χ2n) is 3.23. The Bertz CT molecular complexity index is 349. The van der Waals surface area contributed by atoms with E-state index < -0.39 is 0 Å². The van der Waals surface area contributed by atoms with Crippen molar-refractivity contribution in [1.29, 1.82) is 5.26 Å². The van der Waals surface area contributed by atoms with E-state index in [9.17, 15) is 0 Å². The first-order valence-electron chi connectivity index (χ1n) is 4.09. The highest BCUT2D eigenvalue weighted by Gasteiger charge is 2.15. The van der Waals surface area contributed by atoms with Crippen LogP contribution in [-0.4, -0.2) is 6.04 Å². The number of nitrogens with zero attached hydrogens (tertiary/aromatic N) is 1. The van der Waals surface area contributed by atoms with Crippen molar-refractivity contribution in [2.75, 3.05) is 5.32 Å². The van der Waals surface area contributed by atoms with E-state index in [2.05, 4.69) is 18.3 Å². The van der Waals surface area contributed by atoms with Crippen molar-refractivity contribution >= 4 is 5.69 Å². The molecule has 60 valence electrons. The van der Waals surface area contributed by atoms with E-state index in [4.69, 9.17) is 5.26 Å². The van der Waals surface area contributed by atoms with Gasteiger partial charge in [-0.1, -0.05) is 6.07 Å². The second-order valence-corrected chi connectivity index (χ2v) is 3.23. The molecule has 0 bridgehead atoms. The number of hydrogen-bond donors (Lipinski definition) is 1. The first kappa shape index (κ1) is 7.17. The summed E-state index contributed by atoms with van der Waals surface area (Å²) < 4.78 is 0. The molecular weight excluding hydrogens is 148 g/mol. The lowest BCUT2D eigenvalue weighted by molar-refractivity contribution is 0.839. The maximum atomic E-state index is 8.66. The summed E-state index contributed by atoms with van der Waals surface area (Å²) in [6, 6.07) is 8.46. The summed E-state index contributed by atoms with van der Waals surface area (Å²) >= 11 is 0. The first-order valence-corrected chi connectivity index (χ1v) is 4.09. The zero-order valence-corrected chi connectivity index (χ0v) is 6.96. The number of anilines is 1. The number of nitrogens with one attached hydrogen (secondary N) is 1. The van der Waals surface area contributed by atoms with Crippen LogP contribution in [-0.2, 0) is 6.42 Å². The molecule has 1 aromatic carbocycles. The molecule has 0 spiro atoms. The Morgan fingerprint density at radius 2 is 2.42 bits per heavy atom. The molecular formula is C10H10N2. The van der Waals surface area contributed by atoms with Gasteiger partial charge in [0.15, 0.2) is 0 Å². The number of hydrogen-bond acceptors (Lipinski definition) is 2. The molecule has 0 aliphatic carbocycles. The lowest BCUT2D eigenvalue weighted by Gasteiger charge is -2.01. The van der Waals surface area contributed by atoms with Gasteiger partial charge in [-0.25, -0.2) is 0 Å². The SMILES string of the molecule is CC1Cc2ccc(C#N)cc2N1. The summed E-state index contributed by atoms with van der Waals surface area (Å²) in [5.74, 6) is 0. The molecule has 1 aromatic rings. The Morgan fingerprint density at radius 1 is 1.58 bits per heavy atom. The molecule has 0 fully saturated rings. The van der Waals surface area contributed by atoms with Gasteiger partial charge in [0.25, 0.3) is 0 Å². The van der Waals surface area contributed by atoms with Crippen molar-refractivity contribution in [3.63, 3.8) is 0 Å². The van der Waals surface area contributed by atoms with Gasteiger partial charge in [-0.15, -0.1) is 0 Å². The Kier molecular flexibility index (Phi) is 1.51. The third kappa shape index (κ3) is 1.04. The number of rotatable bonds is 0. The van der Waals surface area contributed by atoms with E-state index in [0.717, 1.165) is 17.7 Å². The summed E-state index contributed by atoms with van der Waals surface area (Å²) in [4.78, 5) is 0. The summed E-state index contributed by atoms with van der Waals surface area (Å²) in [7, 11) is 0. The summed E-state index contributed by atoms with van der Waals surface area (Å²) in [5.41, 5.74) is 3.18. The van der Waals surface area contributed by atoms with E-state index >= 15 is 0 Å². The van der Waals surface area contributed by atoms with Crippen LogP contribution in [0.3, 0.4) is 0 Å². The van der Waals surface area contributed by atoms with Crippen LogP contribution >= 0.6 is 0 Å². The molecule has 0 saturated carbocycles. The topological polar surface area (TPSA) is 35.8 Å².